The number of hydrogen-bond acceptors (Lipinski definition) is 1. The molecule has 0 N–H and O–H groups in total. The summed E-state index contributed by atoms with van der Waals surface area (Å²) in [7, 11) is 0. The van der Waals surface area contributed by atoms with Gasteiger partial charge in [0, 0.05) is 38.8 Å². The second kappa shape index (κ2) is 9.59. The van der Waals surface area contributed by atoms with E-state index in [0.717, 1.165) is 23.1 Å². The predicted molar refractivity (Wildman–Crippen MR) is 183 cm³/mol. The molecule has 0 spiro atoms. The first kappa shape index (κ1) is 24.7. The van der Waals surface area contributed by atoms with Crippen LogP contribution in [0.1, 0.15) is 12.0 Å². The minimum atomic E-state index is 0.423. The SMILES string of the molecule is N#Cc1cccc(-n2c3ccccc3c3cc(-c4ccc5c(c4)c4ccccc4n5C4=CC=C5C=CC=CC5C4)ccc32)c1. The van der Waals surface area contributed by atoms with Gasteiger partial charge in [-0.1, -0.05) is 85.0 Å². The Hall–Kier alpha value is -5.85. The number of hydrogen-bond donors (Lipinski definition) is 0. The van der Waals surface area contributed by atoms with Crippen LogP contribution >= 0.6 is 0 Å². The molecule has 0 amide bonds. The number of nitrogens with zero attached hydrogens (tertiary/aromatic N) is 3. The summed E-state index contributed by atoms with van der Waals surface area (Å²) in [5.41, 5.74) is 11.5. The van der Waals surface area contributed by atoms with Gasteiger partial charge in [0.15, 0.2) is 0 Å². The number of para-hydroxylation sites is 2. The van der Waals surface area contributed by atoms with E-state index in [2.05, 4.69) is 143 Å². The van der Waals surface area contributed by atoms with Gasteiger partial charge in [-0.2, -0.15) is 5.26 Å². The molecule has 0 bridgehead atoms. The molecule has 1 unspecified atom stereocenters. The van der Waals surface area contributed by atoms with Crippen LogP contribution in [0.2, 0.25) is 0 Å². The van der Waals surface area contributed by atoms with Gasteiger partial charge in [-0.15, -0.1) is 0 Å². The van der Waals surface area contributed by atoms with Gasteiger partial charge >= 0.3 is 0 Å². The zero-order valence-corrected chi connectivity index (χ0v) is 24.0. The highest BCUT2D eigenvalue weighted by molar-refractivity contribution is 6.13. The Morgan fingerprint density at radius 2 is 1.25 bits per heavy atom. The molecule has 2 aliphatic carbocycles. The zero-order chi connectivity index (χ0) is 29.2. The van der Waals surface area contributed by atoms with Crippen molar-refractivity contribution < 1.29 is 0 Å². The average Bonchev–Trinajstić information content (AvgIpc) is 3.60. The molecule has 0 radical (unpaired) electrons. The van der Waals surface area contributed by atoms with E-state index in [1.165, 1.54) is 55.0 Å². The summed E-state index contributed by atoms with van der Waals surface area (Å²) < 4.78 is 4.72. The lowest BCUT2D eigenvalue weighted by molar-refractivity contribution is 0.770. The third-order valence-corrected chi connectivity index (χ3v) is 9.27. The molecule has 44 heavy (non-hydrogen) atoms. The molecule has 1 atom stereocenters. The maximum absolute atomic E-state index is 9.54. The second-order valence-electron chi connectivity index (χ2n) is 11.7. The Balaban J connectivity index is 1.22. The van der Waals surface area contributed by atoms with Gasteiger partial charge in [0.1, 0.15) is 0 Å². The fourth-order valence-electron chi connectivity index (χ4n) is 7.22. The van der Waals surface area contributed by atoms with Crippen LogP contribution in [0, 0.1) is 17.2 Å². The van der Waals surface area contributed by atoms with E-state index in [1.54, 1.807) is 0 Å². The maximum atomic E-state index is 9.54. The van der Waals surface area contributed by atoms with Gasteiger partial charge in [-0.05, 0) is 83.8 Å². The van der Waals surface area contributed by atoms with Gasteiger partial charge in [0.05, 0.1) is 33.7 Å². The number of allylic oxidation sites excluding steroid dienone is 8. The molecule has 2 aliphatic rings. The summed E-state index contributed by atoms with van der Waals surface area (Å²) in [6.45, 7) is 0. The first-order chi connectivity index (χ1) is 21.8. The third-order valence-electron chi connectivity index (χ3n) is 9.27. The van der Waals surface area contributed by atoms with Crippen LogP contribution in [0.25, 0.3) is 66.1 Å². The minimum Gasteiger partial charge on any atom is -0.313 e. The van der Waals surface area contributed by atoms with E-state index >= 15 is 0 Å². The molecule has 0 saturated carbocycles. The molecule has 2 aromatic heterocycles. The van der Waals surface area contributed by atoms with Gasteiger partial charge in [0.25, 0.3) is 0 Å². The molecule has 9 rings (SSSR count). The van der Waals surface area contributed by atoms with E-state index in [4.69, 9.17) is 0 Å². The van der Waals surface area contributed by atoms with Crippen molar-refractivity contribution >= 4 is 49.3 Å². The van der Waals surface area contributed by atoms with Crippen molar-refractivity contribution in [3.63, 3.8) is 0 Å². The van der Waals surface area contributed by atoms with Crippen LogP contribution in [0.5, 0.6) is 0 Å². The lowest BCUT2D eigenvalue weighted by Gasteiger charge is -2.24. The summed E-state index contributed by atoms with van der Waals surface area (Å²) in [6.07, 6.45) is 14.4. The Kier molecular flexibility index (Phi) is 5.39. The number of aromatic nitrogens is 2. The lowest BCUT2D eigenvalue weighted by Crippen LogP contribution is -2.10. The van der Waals surface area contributed by atoms with E-state index < -0.39 is 0 Å². The topological polar surface area (TPSA) is 33.6 Å². The van der Waals surface area contributed by atoms with Crippen LogP contribution in [-0.2, 0) is 0 Å². The minimum absolute atomic E-state index is 0.423. The van der Waals surface area contributed by atoms with Gasteiger partial charge in [0.2, 0.25) is 0 Å². The summed E-state index contributed by atoms with van der Waals surface area (Å²) in [5.74, 6) is 0.423. The molecule has 7 aromatic rings. The Morgan fingerprint density at radius 3 is 1.98 bits per heavy atom. The lowest BCUT2D eigenvalue weighted by atomic mass is 9.86. The Bertz CT molecular complexity index is 2490. The monoisotopic (exact) mass is 561 g/mol. The number of fused-ring (bicyclic) bond motifs is 7. The van der Waals surface area contributed by atoms with E-state index in [9.17, 15) is 5.26 Å². The zero-order valence-electron chi connectivity index (χ0n) is 24.0. The molecule has 3 nitrogen and oxygen atoms in total. The predicted octanol–water partition coefficient (Wildman–Crippen LogP) is 10.3. The average molecular weight is 562 g/mol. The molecule has 0 saturated heterocycles. The molecule has 2 heterocycles. The van der Waals surface area contributed by atoms with Crippen molar-refractivity contribution in [3.05, 3.63) is 157 Å². The summed E-state index contributed by atoms with van der Waals surface area (Å²) in [4.78, 5) is 0. The van der Waals surface area contributed by atoms with Gasteiger partial charge in [-0.3, -0.25) is 0 Å². The summed E-state index contributed by atoms with van der Waals surface area (Å²) in [5, 5.41) is 14.5. The van der Waals surface area contributed by atoms with E-state index in [-0.39, 0.29) is 0 Å². The standard InChI is InChI=1S/C41H27N3/c42-26-27-8-7-11-32(22-27)43-38-14-5-3-12-34(38)36-24-30(17-20-40(36)43)31-18-21-41-37(25-31)35-13-4-6-15-39(35)44(41)33-19-16-28-9-1-2-10-29(28)23-33/h1-22,24-25,29H,23H2. The largest absolute Gasteiger partial charge is 0.313 e. The van der Waals surface area contributed by atoms with Crippen LogP contribution in [0.4, 0.5) is 0 Å². The van der Waals surface area contributed by atoms with Crippen molar-refractivity contribution in [2.75, 3.05) is 0 Å². The van der Waals surface area contributed by atoms with E-state index in [0.29, 0.717) is 11.5 Å². The molecule has 3 heteroatoms. The fraction of sp³-hybridized carbons (Fsp3) is 0.0488. The molecule has 5 aromatic carbocycles. The van der Waals surface area contributed by atoms with Crippen molar-refractivity contribution in [1.29, 1.82) is 5.26 Å². The molecule has 0 aliphatic heterocycles. The normalized spacial score (nSPS) is 15.9. The van der Waals surface area contributed by atoms with Crippen molar-refractivity contribution in [3.8, 4) is 22.9 Å². The fourth-order valence-corrected chi connectivity index (χ4v) is 7.22. The van der Waals surface area contributed by atoms with E-state index in [1.807, 2.05) is 18.2 Å². The highest BCUT2D eigenvalue weighted by atomic mass is 15.0. The van der Waals surface area contributed by atoms with Crippen LogP contribution < -0.4 is 0 Å². The number of benzene rings is 5. The maximum Gasteiger partial charge on any atom is 0.0992 e. The number of rotatable bonds is 3. The van der Waals surface area contributed by atoms with Crippen molar-refractivity contribution in [2.45, 2.75) is 6.42 Å². The van der Waals surface area contributed by atoms with Crippen molar-refractivity contribution in [2.24, 2.45) is 5.92 Å². The van der Waals surface area contributed by atoms with Gasteiger partial charge < -0.3 is 9.13 Å². The second-order valence-corrected chi connectivity index (χ2v) is 11.7. The first-order valence-electron chi connectivity index (χ1n) is 15.1. The molecular formula is C41H27N3. The quantitative estimate of drug-likeness (QED) is 0.211. The summed E-state index contributed by atoms with van der Waals surface area (Å²) in [6, 6.07) is 41.1. The Morgan fingerprint density at radius 1 is 0.591 bits per heavy atom. The first-order valence-corrected chi connectivity index (χ1v) is 15.1. The number of nitriles is 1. The smallest absolute Gasteiger partial charge is 0.0992 e. The van der Waals surface area contributed by atoms with Crippen LogP contribution in [0.15, 0.2) is 151 Å². The molecule has 0 fully saturated rings. The van der Waals surface area contributed by atoms with Crippen LogP contribution in [0.3, 0.4) is 0 Å². The molecule has 206 valence electrons. The molecular weight excluding hydrogens is 534 g/mol. The third kappa shape index (κ3) is 3.68. The highest BCUT2D eigenvalue weighted by Crippen LogP contribution is 2.40. The Labute approximate surface area is 255 Å². The van der Waals surface area contributed by atoms with Crippen LogP contribution in [-0.4, -0.2) is 9.13 Å². The summed E-state index contributed by atoms with van der Waals surface area (Å²) >= 11 is 0. The van der Waals surface area contributed by atoms with Gasteiger partial charge in [-0.25, -0.2) is 0 Å². The van der Waals surface area contributed by atoms with Crippen molar-refractivity contribution in [1.82, 2.24) is 9.13 Å². The highest BCUT2D eigenvalue weighted by Gasteiger charge is 2.21.